The Kier molecular flexibility index (Phi) is 5.80. The van der Waals surface area contributed by atoms with Gasteiger partial charge < -0.3 is 14.2 Å². The molecule has 3 rings (SSSR count). The van der Waals surface area contributed by atoms with Gasteiger partial charge in [-0.3, -0.25) is 4.79 Å². The van der Waals surface area contributed by atoms with E-state index in [0.717, 1.165) is 32.1 Å². The molecule has 1 aliphatic carbocycles. The molecule has 2 heterocycles. The van der Waals surface area contributed by atoms with Crippen molar-refractivity contribution in [1.29, 1.82) is 0 Å². The summed E-state index contributed by atoms with van der Waals surface area (Å²) in [5.74, 6) is -0.791. The molecule has 0 aromatic carbocycles. The summed E-state index contributed by atoms with van der Waals surface area (Å²) in [7, 11) is 0. The number of epoxide rings is 1. The summed E-state index contributed by atoms with van der Waals surface area (Å²) >= 11 is 0. The molecule has 6 atom stereocenters. The zero-order chi connectivity index (χ0) is 19.8. The number of fused-ring (bicyclic) bond motifs is 2. The van der Waals surface area contributed by atoms with E-state index in [1.807, 2.05) is 0 Å². The van der Waals surface area contributed by atoms with Crippen LogP contribution in [0.3, 0.4) is 0 Å². The SMILES string of the molecule is C=C1C(=O)O[C@H]2[C@@H](OC(C)=O)[C@@H](C)CCC/C(C)=C\CC[C@@]3(C)O[C@H]3C[C@@H]12. The van der Waals surface area contributed by atoms with Crippen LogP contribution in [0, 0.1) is 11.8 Å². The summed E-state index contributed by atoms with van der Waals surface area (Å²) in [6.45, 7) is 11.8. The first-order valence-corrected chi connectivity index (χ1v) is 10.1. The Hall–Kier alpha value is -1.62. The lowest BCUT2D eigenvalue weighted by Crippen LogP contribution is -2.40. The number of ether oxygens (including phenoxy) is 3. The third kappa shape index (κ3) is 4.45. The van der Waals surface area contributed by atoms with Crippen molar-refractivity contribution >= 4 is 11.9 Å². The predicted octanol–water partition coefficient (Wildman–Crippen LogP) is 4.11. The van der Waals surface area contributed by atoms with Crippen LogP contribution in [0.1, 0.15) is 66.2 Å². The van der Waals surface area contributed by atoms with Crippen LogP contribution in [0.25, 0.3) is 0 Å². The Bertz CT molecular complexity index is 651. The first-order chi connectivity index (χ1) is 12.7. The molecule has 0 aromatic heterocycles. The van der Waals surface area contributed by atoms with Crippen LogP contribution < -0.4 is 0 Å². The second kappa shape index (κ2) is 7.78. The third-order valence-electron chi connectivity index (χ3n) is 6.40. The largest absolute Gasteiger partial charge is 0.458 e. The topological polar surface area (TPSA) is 65.1 Å². The first-order valence-electron chi connectivity index (χ1n) is 10.1. The molecule has 27 heavy (non-hydrogen) atoms. The molecule has 0 amide bonds. The fraction of sp³-hybridized carbons (Fsp3) is 0.727. The van der Waals surface area contributed by atoms with Gasteiger partial charge in [-0.15, -0.1) is 0 Å². The molecule has 5 nitrogen and oxygen atoms in total. The number of hydrogen-bond acceptors (Lipinski definition) is 5. The molecule has 150 valence electrons. The van der Waals surface area contributed by atoms with Crippen LogP contribution in [0.5, 0.6) is 0 Å². The molecule has 0 aromatic rings. The molecule has 2 saturated heterocycles. The van der Waals surface area contributed by atoms with Gasteiger partial charge in [-0.2, -0.15) is 0 Å². The average molecular weight is 376 g/mol. The van der Waals surface area contributed by atoms with E-state index in [-0.39, 0.29) is 35.5 Å². The minimum Gasteiger partial charge on any atom is -0.458 e. The maximum atomic E-state index is 12.3. The van der Waals surface area contributed by atoms with Gasteiger partial charge in [0, 0.05) is 18.4 Å². The maximum Gasteiger partial charge on any atom is 0.334 e. The number of allylic oxidation sites excluding steroid dienone is 2. The molecule has 0 saturated carbocycles. The van der Waals surface area contributed by atoms with Gasteiger partial charge >= 0.3 is 11.9 Å². The van der Waals surface area contributed by atoms with Crippen LogP contribution in [-0.4, -0.2) is 35.9 Å². The Balaban J connectivity index is 1.86. The Morgan fingerprint density at radius 1 is 1.41 bits per heavy atom. The van der Waals surface area contributed by atoms with Crippen molar-refractivity contribution in [2.75, 3.05) is 0 Å². The molecule has 5 heteroatoms. The number of rotatable bonds is 1. The van der Waals surface area contributed by atoms with E-state index in [2.05, 4.69) is 33.4 Å². The lowest BCUT2D eigenvalue weighted by molar-refractivity contribution is -0.165. The zero-order valence-electron chi connectivity index (χ0n) is 17.0. The summed E-state index contributed by atoms with van der Waals surface area (Å²) in [5.41, 5.74) is 1.72. The van der Waals surface area contributed by atoms with Crippen molar-refractivity contribution in [2.24, 2.45) is 11.8 Å². The van der Waals surface area contributed by atoms with Gasteiger partial charge in [0.1, 0.15) is 12.2 Å². The van der Waals surface area contributed by atoms with E-state index < -0.39 is 12.2 Å². The van der Waals surface area contributed by atoms with Crippen molar-refractivity contribution in [1.82, 2.24) is 0 Å². The highest BCUT2D eigenvalue weighted by Crippen LogP contribution is 2.48. The zero-order valence-corrected chi connectivity index (χ0v) is 17.0. The highest BCUT2D eigenvalue weighted by atomic mass is 16.6. The van der Waals surface area contributed by atoms with E-state index in [0.29, 0.717) is 12.0 Å². The molecular weight excluding hydrogens is 344 g/mol. The molecule has 0 spiro atoms. The number of carbonyl (C=O) groups is 2. The van der Waals surface area contributed by atoms with Crippen LogP contribution in [0.4, 0.5) is 0 Å². The van der Waals surface area contributed by atoms with E-state index >= 15 is 0 Å². The summed E-state index contributed by atoms with van der Waals surface area (Å²) < 4.78 is 17.3. The highest BCUT2D eigenvalue weighted by Gasteiger charge is 2.56. The molecule has 0 bridgehead atoms. The number of esters is 2. The van der Waals surface area contributed by atoms with Crippen molar-refractivity contribution in [2.45, 2.75) is 90.1 Å². The van der Waals surface area contributed by atoms with Crippen molar-refractivity contribution in [3.8, 4) is 0 Å². The molecule has 0 radical (unpaired) electrons. The molecule has 2 aliphatic heterocycles. The van der Waals surface area contributed by atoms with Crippen molar-refractivity contribution in [3.05, 3.63) is 23.8 Å². The molecule has 2 fully saturated rings. The lowest BCUT2D eigenvalue weighted by atomic mass is 9.81. The summed E-state index contributed by atoms with van der Waals surface area (Å²) in [4.78, 5) is 24.0. The van der Waals surface area contributed by atoms with Gasteiger partial charge in [-0.1, -0.05) is 25.2 Å². The van der Waals surface area contributed by atoms with Gasteiger partial charge in [0.25, 0.3) is 0 Å². The quantitative estimate of drug-likeness (QED) is 0.298. The fourth-order valence-corrected chi connectivity index (χ4v) is 4.52. The van der Waals surface area contributed by atoms with E-state index in [1.165, 1.54) is 12.5 Å². The lowest BCUT2D eigenvalue weighted by Gasteiger charge is -2.31. The average Bonchev–Trinajstić information content (AvgIpc) is 3.14. The highest BCUT2D eigenvalue weighted by molar-refractivity contribution is 5.91. The normalized spacial score (nSPS) is 42.1. The monoisotopic (exact) mass is 376 g/mol. The molecule has 3 aliphatic rings. The van der Waals surface area contributed by atoms with Crippen LogP contribution in [-0.2, 0) is 23.8 Å². The van der Waals surface area contributed by atoms with Gasteiger partial charge in [-0.25, -0.2) is 4.79 Å². The van der Waals surface area contributed by atoms with Gasteiger partial charge in [0.2, 0.25) is 0 Å². The van der Waals surface area contributed by atoms with Crippen molar-refractivity contribution in [3.63, 3.8) is 0 Å². The Morgan fingerprint density at radius 3 is 2.85 bits per heavy atom. The smallest absolute Gasteiger partial charge is 0.334 e. The van der Waals surface area contributed by atoms with Gasteiger partial charge in [0.05, 0.1) is 11.7 Å². The maximum absolute atomic E-state index is 12.3. The number of hydrogen-bond donors (Lipinski definition) is 0. The standard InChI is InChI=1S/C22H32O5/c1-13-8-6-10-14(2)19(25-16(4)23)20-17(15(3)21(24)26-20)12-18-22(5,27-18)11-7-9-13/h9,14,17-20H,3,6-8,10-12H2,1-2,4-5H3/b13-9-/t14-,17-,18-,19-,20+,22+/m0/s1. The van der Waals surface area contributed by atoms with Gasteiger partial charge in [0.15, 0.2) is 0 Å². The minimum atomic E-state index is -0.475. The van der Waals surface area contributed by atoms with Crippen molar-refractivity contribution < 1.29 is 23.8 Å². The number of carbonyl (C=O) groups excluding carboxylic acids is 2. The predicted molar refractivity (Wildman–Crippen MR) is 102 cm³/mol. The summed E-state index contributed by atoms with van der Waals surface area (Å²) in [6.07, 6.45) is 7.08. The van der Waals surface area contributed by atoms with E-state index in [1.54, 1.807) is 0 Å². The summed E-state index contributed by atoms with van der Waals surface area (Å²) in [6, 6.07) is 0. The molecule has 0 N–H and O–H groups in total. The van der Waals surface area contributed by atoms with E-state index in [4.69, 9.17) is 14.2 Å². The molecular formula is C22H32O5. The summed E-state index contributed by atoms with van der Waals surface area (Å²) in [5, 5.41) is 0. The molecule has 0 unspecified atom stereocenters. The third-order valence-corrected chi connectivity index (χ3v) is 6.40. The van der Waals surface area contributed by atoms with Gasteiger partial charge in [-0.05, 0) is 58.3 Å². The van der Waals surface area contributed by atoms with Crippen LogP contribution in [0.2, 0.25) is 0 Å². The second-order valence-corrected chi connectivity index (χ2v) is 8.69. The Morgan fingerprint density at radius 2 is 2.15 bits per heavy atom. The second-order valence-electron chi connectivity index (χ2n) is 8.69. The van der Waals surface area contributed by atoms with E-state index in [9.17, 15) is 9.59 Å². The first kappa shape index (κ1) is 20.1. The Labute approximate surface area is 162 Å². The minimum absolute atomic E-state index is 0.0844. The fourth-order valence-electron chi connectivity index (χ4n) is 4.52. The van der Waals surface area contributed by atoms with Crippen LogP contribution >= 0.6 is 0 Å². The van der Waals surface area contributed by atoms with Crippen LogP contribution in [0.15, 0.2) is 23.8 Å².